The van der Waals surface area contributed by atoms with E-state index in [1.54, 1.807) is 7.11 Å². The van der Waals surface area contributed by atoms with Crippen LogP contribution in [0.4, 0.5) is 4.79 Å². The Labute approximate surface area is 139 Å². The van der Waals surface area contributed by atoms with Crippen molar-refractivity contribution in [3.05, 3.63) is 23.8 Å². The molecule has 23 heavy (non-hydrogen) atoms. The van der Waals surface area contributed by atoms with Crippen molar-refractivity contribution in [3.63, 3.8) is 0 Å². The second kappa shape index (κ2) is 8.65. The van der Waals surface area contributed by atoms with Crippen LogP contribution in [0.25, 0.3) is 0 Å². The number of hydrogen-bond donors (Lipinski definition) is 1. The highest BCUT2D eigenvalue weighted by molar-refractivity contribution is 5.74. The third-order valence-electron chi connectivity index (χ3n) is 4.31. The number of amides is 2. The Kier molecular flexibility index (Phi) is 6.56. The molecule has 5 heteroatoms. The van der Waals surface area contributed by atoms with Crippen LogP contribution in [0.5, 0.6) is 11.5 Å². The number of nitrogens with zero attached hydrogens (tertiary/aromatic N) is 1. The number of methoxy groups -OCH3 is 1. The van der Waals surface area contributed by atoms with Crippen molar-refractivity contribution >= 4 is 6.03 Å². The largest absolute Gasteiger partial charge is 0.493 e. The van der Waals surface area contributed by atoms with Crippen LogP contribution in [-0.4, -0.2) is 43.8 Å². The zero-order valence-corrected chi connectivity index (χ0v) is 14.4. The van der Waals surface area contributed by atoms with E-state index in [4.69, 9.17) is 9.47 Å². The summed E-state index contributed by atoms with van der Waals surface area (Å²) in [5.41, 5.74) is 1.12. The molecular weight excluding hydrogens is 292 g/mol. The third-order valence-corrected chi connectivity index (χ3v) is 4.31. The van der Waals surface area contributed by atoms with E-state index in [9.17, 15) is 4.79 Å². The van der Waals surface area contributed by atoms with Crippen LogP contribution in [0.3, 0.4) is 0 Å². The average molecular weight is 320 g/mol. The lowest BCUT2D eigenvalue weighted by Gasteiger charge is -2.35. The number of nitrogens with one attached hydrogen (secondary N) is 1. The molecule has 0 aromatic heterocycles. The Bertz CT molecular complexity index is 519. The van der Waals surface area contributed by atoms with E-state index < -0.39 is 0 Å². The van der Waals surface area contributed by atoms with Crippen molar-refractivity contribution in [1.82, 2.24) is 10.2 Å². The molecule has 1 N–H and O–H groups in total. The number of aryl methyl sites for hydroxylation is 1. The van der Waals surface area contributed by atoms with Gasteiger partial charge in [0.1, 0.15) is 6.61 Å². The molecule has 1 fully saturated rings. The van der Waals surface area contributed by atoms with E-state index in [1.807, 2.05) is 30.0 Å². The summed E-state index contributed by atoms with van der Waals surface area (Å²) in [6.45, 7) is 5.92. The van der Waals surface area contributed by atoms with Gasteiger partial charge in [-0.05, 0) is 50.3 Å². The van der Waals surface area contributed by atoms with Gasteiger partial charge in [0, 0.05) is 12.6 Å². The smallest absolute Gasteiger partial charge is 0.317 e. The molecule has 1 heterocycles. The van der Waals surface area contributed by atoms with Crippen molar-refractivity contribution in [3.8, 4) is 11.5 Å². The minimum Gasteiger partial charge on any atom is -0.493 e. The predicted octanol–water partition coefficient (Wildman–Crippen LogP) is 3.36. The minimum absolute atomic E-state index is 0.0241. The molecule has 2 amide bonds. The first-order valence-electron chi connectivity index (χ1n) is 8.47. The van der Waals surface area contributed by atoms with Crippen molar-refractivity contribution in [2.75, 3.05) is 26.8 Å². The normalized spacial score (nSPS) is 17.7. The molecule has 2 rings (SSSR count). The van der Waals surface area contributed by atoms with Gasteiger partial charge in [0.2, 0.25) is 0 Å². The molecule has 128 valence electrons. The third kappa shape index (κ3) is 4.78. The Hall–Kier alpha value is -1.91. The molecule has 1 atom stereocenters. The number of urea groups is 1. The lowest BCUT2D eigenvalue weighted by molar-refractivity contribution is 0.147. The maximum atomic E-state index is 12.3. The molecule has 0 radical (unpaired) electrons. The summed E-state index contributed by atoms with van der Waals surface area (Å²) in [5, 5.41) is 2.96. The summed E-state index contributed by atoms with van der Waals surface area (Å²) in [4.78, 5) is 14.2. The highest BCUT2D eigenvalue weighted by Gasteiger charge is 2.24. The molecule has 0 spiro atoms. The molecular formula is C18H28N2O3. The summed E-state index contributed by atoms with van der Waals surface area (Å²) in [7, 11) is 1.63. The van der Waals surface area contributed by atoms with Gasteiger partial charge in [0.05, 0.1) is 13.7 Å². The van der Waals surface area contributed by atoms with E-state index in [1.165, 1.54) is 6.42 Å². The standard InChI is InChI=1S/C18H28N2O3/c1-4-15-7-5-6-11-20(15)18(21)19-10-12-23-16-9-8-14(2)13-17(16)22-3/h8-9,13,15H,4-7,10-12H2,1-3H3,(H,19,21). The van der Waals surface area contributed by atoms with Gasteiger partial charge >= 0.3 is 6.03 Å². The van der Waals surface area contributed by atoms with Crippen molar-refractivity contribution in [2.45, 2.75) is 45.6 Å². The van der Waals surface area contributed by atoms with E-state index in [0.29, 0.717) is 24.9 Å². The molecule has 1 aromatic rings. The second-order valence-corrected chi connectivity index (χ2v) is 5.99. The fourth-order valence-electron chi connectivity index (χ4n) is 3.01. The first kappa shape index (κ1) is 17.4. The van der Waals surface area contributed by atoms with E-state index in [2.05, 4.69) is 12.2 Å². The minimum atomic E-state index is 0.0241. The lowest BCUT2D eigenvalue weighted by atomic mass is 10.0. The van der Waals surface area contributed by atoms with Gasteiger partial charge in [-0.3, -0.25) is 0 Å². The maximum absolute atomic E-state index is 12.3. The number of likely N-dealkylation sites (tertiary alicyclic amines) is 1. The molecule has 0 saturated carbocycles. The quantitative estimate of drug-likeness (QED) is 0.818. The Balaban J connectivity index is 1.77. The molecule has 5 nitrogen and oxygen atoms in total. The predicted molar refractivity (Wildman–Crippen MR) is 91.3 cm³/mol. The van der Waals surface area contributed by atoms with Gasteiger partial charge < -0.3 is 19.7 Å². The molecule has 1 aliphatic heterocycles. The van der Waals surface area contributed by atoms with Gasteiger partial charge in [-0.25, -0.2) is 4.79 Å². The Morgan fingerprint density at radius 3 is 2.91 bits per heavy atom. The van der Waals surface area contributed by atoms with Gasteiger partial charge in [0.25, 0.3) is 0 Å². The summed E-state index contributed by atoms with van der Waals surface area (Å²) in [6, 6.07) is 6.22. The summed E-state index contributed by atoms with van der Waals surface area (Å²) < 4.78 is 11.0. The fourth-order valence-corrected chi connectivity index (χ4v) is 3.01. The van der Waals surface area contributed by atoms with Crippen molar-refractivity contribution in [1.29, 1.82) is 0 Å². The molecule has 1 aromatic carbocycles. The first-order chi connectivity index (χ1) is 11.2. The fraction of sp³-hybridized carbons (Fsp3) is 0.611. The SMILES string of the molecule is CCC1CCCCN1C(=O)NCCOc1ccc(C)cc1OC. The Morgan fingerprint density at radius 1 is 1.35 bits per heavy atom. The van der Waals surface area contributed by atoms with Crippen LogP contribution in [-0.2, 0) is 0 Å². The molecule has 1 aliphatic rings. The monoisotopic (exact) mass is 320 g/mol. The molecule has 0 aliphatic carbocycles. The van der Waals surface area contributed by atoms with Crippen molar-refractivity contribution in [2.24, 2.45) is 0 Å². The number of piperidine rings is 1. The van der Waals surface area contributed by atoms with E-state index in [0.717, 1.165) is 37.1 Å². The zero-order chi connectivity index (χ0) is 16.7. The van der Waals surface area contributed by atoms with Gasteiger partial charge in [-0.15, -0.1) is 0 Å². The number of rotatable bonds is 6. The number of carbonyl (C=O) groups is 1. The maximum Gasteiger partial charge on any atom is 0.317 e. The highest BCUT2D eigenvalue weighted by Crippen LogP contribution is 2.27. The van der Waals surface area contributed by atoms with Crippen LogP contribution in [0.15, 0.2) is 18.2 Å². The van der Waals surface area contributed by atoms with Crippen LogP contribution in [0, 0.1) is 6.92 Å². The molecule has 0 bridgehead atoms. The zero-order valence-electron chi connectivity index (χ0n) is 14.4. The van der Waals surface area contributed by atoms with Gasteiger partial charge in [0.15, 0.2) is 11.5 Å². The summed E-state index contributed by atoms with van der Waals surface area (Å²) >= 11 is 0. The molecule has 1 saturated heterocycles. The number of hydrogen-bond acceptors (Lipinski definition) is 3. The van der Waals surface area contributed by atoms with Crippen LogP contribution < -0.4 is 14.8 Å². The summed E-state index contributed by atoms with van der Waals surface area (Å²) in [6.07, 6.45) is 4.45. The highest BCUT2D eigenvalue weighted by atomic mass is 16.5. The summed E-state index contributed by atoms with van der Waals surface area (Å²) in [5.74, 6) is 1.43. The number of benzene rings is 1. The van der Waals surface area contributed by atoms with Crippen molar-refractivity contribution < 1.29 is 14.3 Å². The van der Waals surface area contributed by atoms with Crippen LogP contribution in [0.2, 0.25) is 0 Å². The first-order valence-corrected chi connectivity index (χ1v) is 8.47. The van der Waals surface area contributed by atoms with E-state index in [-0.39, 0.29) is 6.03 Å². The second-order valence-electron chi connectivity index (χ2n) is 5.99. The van der Waals surface area contributed by atoms with Gasteiger partial charge in [-0.1, -0.05) is 13.0 Å². The molecule has 1 unspecified atom stereocenters. The van der Waals surface area contributed by atoms with E-state index >= 15 is 0 Å². The number of carbonyl (C=O) groups excluding carboxylic acids is 1. The Morgan fingerprint density at radius 2 is 2.17 bits per heavy atom. The van der Waals surface area contributed by atoms with Gasteiger partial charge in [-0.2, -0.15) is 0 Å². The lowest BCUT2D eigenvalue weighted by Crippen LogP contribution is -2.49. The van der Waals surface area contributed by atoms with Crippen LogP contribution in [0.1, 0.15) is 38.2 Å². The topological polar surface area (TPSA) is 50.8 Å². The number of ether oxygens (including phenoxy) is 2. The van der Waals surface area contributed by atoms with Crippen LogP contribution >= 0.6 is 0 Å². The average Bonchev–Trinajstić information content (AvgIpc) is 2.59.